The van der Waals surface area contributed by atoms with E-state index in [2.05, 4.69) is 4.74 Å². The Morgan fingerprint density at radius 1 is 1.09 bits per heavy atom. The lowest BCUT2D eigenvalue weighted by Crippen LogP contribution is -2.38. The molecule has 0 atom stereocenters. The number of likely N-dealkylation sites (tertiary alicyclic amines) is 1. The van der Waals surface area contributed by atoms with E-state index in [1.807, 2.05) is 0 Å². The van der Waals surface area contributed by atoms with Crippen LogP contribution in [0.5, 0.6) is 0 Å². The van der Waals surface area contributed by atoms with Crippen molar-refractivity contribution in [2.75, 3.05) is 19.7 Å². The van der Waals surface area contributed by atoms with Gasteiger partial charge in [0.05, 0.1) is 17.7 Å². The molecule has 2 aromatic carbocycles. The number of piperidine rings is 1. The molecule has 34 heavy (non-hydrogen) atoms. The Kier molecular flexibility index (Phi) is 6.90. The van der Waals surface area contributed by atoms with Crippen molar-refractivity contribution in [3.8, 4) is 0 Å². The van der Waals surface area contributed by atoms with Crippen LogP contribution in [0.3, 0.4) is 0 Å². The summed E-state index contributed by atoms with van der Waals surface area (Å²) < 4.78 is 71.0. The number of ether oxygens (including phenoxy) is 1. The second kappa shape index (κ2) is 9.71. The molecule has 5 nitrogen and oxygen atoms in total. The molecule has 0 unspecified atom stereocenters. The minimum atomic E-state index is -4.80. The van der Waals surface area contributed by atoms with Gasteiger partial charge in [-0.1, -0.05) is 24.3 Å². The van der Waals surface area contributed by atoms with Crippen molar-refractivity contribution in [3.63, 3.8) is 0 Å². The molecule has 4 rings (SSSR count). The SMILES string of the molecule is NCc1ccc(F)c(C2CCN(C(=O)c3cn(CCOC(F)(F)F)c4c(F)cccc34)CC2)c1. The fraction of sp³-hybridized carbons (Fsp3) is 0.375. The lowest BCUT2D eigenvalue weighted by molar-refractivity contribution is -0.325. The summed E-state index contributed by atoms with van der Waals surface area (Å²) in [4.78, 5) is 14.9. The number of carbonyl (C=O) groups excluding carboxylic acids is 1. The van der Waals surface area contributed by atoms with Crippen molar-refractivity contribution in [1.29, 1.82) is 0 Å². The van der Waals surface area contributed by atoms with E-state index in [9.17, 15) is 26.7 Å². The third kappa shape index (κ3) is 5.07. The summed E-state index contributed by atoms with van der Waals surface area (Å²) in [6.07, 6.45) is -2.34. The summed E-state index contributed by atoms with van der Waals surface area (Å²) in [7, 11) is 0. The summed E-state index contributed by atoms with van der Waals surface area (Å²) in [6, 6.07) is 9.01. The zero-order valence-corrected chi connectivity index (χ0v) is 18.2. The quantitative estimate of drug-likeness (QED) is 0.508. The van der Waals surface area contributed by atoms with Crippen molar-refractivity contribution >= 4 is 16.8 Å². The van der Waals surface area contributed by atoms with E-state index in [1.165, 1.54) is 29.0 Å². The molecular weight excluding hydrogens is 457 g/mol. The van der Waals surface area contributed by atoms with Crippen LogP contribution in [-0.4, -0.2) is 41.4 Å². The largest absolute Gasteiger partial charge is 0.522 e. The molecule has 2 heterocycles. The molecule has 2 N–H and O–H groups in total. The maximum Gasteiger partial charge on any atom is 0.522 e. The molecule has 1 aliphatic heterocycles. The number of hydrogen-bond acceptors (Lipinski definition) is 3. The van der Waals surface area contributed by atoms with Gasteiger partial charge in [0, 0.05) is 37.8 Å². The van der Waals surface area contributed by atoms with Gasteiger partial charge in [-0.25, -0.2) is 8.78 Å². The van der Waals surface area contributed by atoms with Crippen LogP contribution in [0, 0.1) is 11.6 Å². The molecule has 0 bridgehead atoms. The zero-order chi connectivity index (χ0) is 24.5. The van der Waals surface area contributed by atoms with Gasteiger partial charge in [-0.05, 0) is 42.0 Å². The number of amides is 1. The topological polar surface area (TPSA) is 60.5 Å². The van der Waals surface area contributed by atoms with E-state index in [4.69, 9.17) is 5.73 Å². The number of carbonyl (C=O) groups is 1. The third-order valence-corrected chi connectivity index (χ3v) is 6.20. The number of benzene rings is 2. The Morgan fingerprint density at radius 2 is 1.82 bits per heavy atom. The van der Waals surface area contributed by atoms with Gasteiger partial charge in [0.25, 0.3) is 5.91 Å². The summed E-state index contributed by atoms with van der Waals surface area (Å²) in [6.45, 7) is 0.0559. The van der Waals surface area contributed by atoms with Gasteiger partial charge < -0.3 is 15.2 Å². The standard InChI is InChI=1S/C24H24F5N3O2/c25-20-5-4-15(13-30)12-18(20)16-6-8-31(9-7-16)23(33)19-14-32(10-11-34-24(27,28)29)22-17(19)2-1-3-21(22)26/h1-5,12,14,16H,6-11,13,30H2. The summed E-state index contributed by atoms with van der Waals surface area (Å²) in [5, 5.41) is 0.320. The first kappa shape index (κ1) is 24.2. The van der Waals surface area contributed by atoms with Crippen LogP contribution in [0.1, 0.15) is 40.2 Å². The van der Waals surface area contributed by atoms with Gasteiger partial charge >= 0.3 is 6.36 Å². The second-order valence-corrected chi connectivity index (χ2v) is 8.29. The molecule has 1 amide bonds. The first-order chi connectivity index (χ1) is 16.2. The molecule has 1 aromatic heterocycles. The monoisotopic (exact) mass is 481 g/mol. The highest BCUT2D eigenvalue weighted by atomic mass is 19.4. The molecule has 182 valence electrons. The van der Waals surface area contributed by atoms with Gasteiger partial charge in [0.2, 0.25) is 0 Å². The molecule has 0 spiro atoms. The molecule has 1 aliphatic rings. The molecule has 0 radical (unpaired) electrons. The molecule has 0 saturated carbocycles. The van der Waals surface area contributed by atoms with Crippen LogP contribution in [0.15, 0.2) is 42.6 Å². The Morgan fingerprint density at radius 3 is 2.50 bits per heavy atom. The normalized spacial score (nSPS) is 15.3. The number of hydrogen-bond donors (Lipinski definition) is 1. The lowest BCUT2D eigenvalue weighted by Gasteiger charge is -2.32. The van der Waals surface area contributed by atoms with Crippen molar-refractivity contribution < 1.29 is 31.5 Å². The van der Waals surface area contributed by atoms with E-state index < -0.39 is 18.8 Å². The number of aromatic nitrogens is 1. The second-order valence-electron chi connectivity index (χ2n) is 8.29. The molecule has 1 saturated heterocycles. The maximum atomic E-state index is 14.5. The molecule has 0 aliphatic carbocycles. The van der Waals surface area contributed by atoms with Crippen LogP contribution in [0.4, 0.5) is 22.0 Å². The van der Waals surface area contributed by atoms with E-state index in [-0.39, 0.29) is 35.3 Å². The van der Waals surface area contributed by atoms with E-state index >= 15 is 0 Å². The zero-order valence-electron chi connectivity index (χ0n) is 18.2. The number of para-hydroxylation sites is 1. The molecule has 1 fully saturated rings. The number of halogens is 5. The van der Waals surface area contributed by atoms with E-state index in [1.54, 1.807) is 23.1 Å². The number of alkyl halides is 3. The van der Waals surface area contributed by atoms with E-state index in [0.717, 1.165) is 5.56 Å². The maximum absolute atomic E-state index is 14.5. The fourth-order valence-corrected chi connectivity index (χ4v) is 4.52. The van der Waals surface area contributed by atoms with E-state index in [0.29, 0.717) is 43.4 Å². The highest BCUT2D eigenvalue weighted by Gasteiger charge is 2.30. The summed E-state index contributed by atoms with van der Waals surface area (Å²) in [5.74, 6) is -1.35. The average molecular weight is 481 g/mol. The van der Waals surface area contributed by atoms with Gasteiger partial charge in [-0.3, -0.25) is 9.53 Å². The van der Waals surface area contributed by atoms with Crippen molar-refractivity contribution in [1.82, 2.24) is 9.47 Å². The van der Waals surface area contributed by atoms with Crippen LogP contribution in [0.25, 0.3) is 10.9 Å². The fourth-order valence-electron chi connectivity index (χ4n) is 4.52. The predicted molar refractivity (Wildman–Crippen MR) is 116 cm³/mol. The minimum Gasteiger partial charge on any atom is -0.342 e. The molecular formula is C24H24F5N3O2. The van der Waals surface area contributed by atoms with Crippen molar-refractivity contribution in [3.05, 3.63) is 70.9 Å². The molecule has 3 aromatic rings. The smallest absolute Gasteiger partial charge is 0.342 e. The van der Waals surface area contributed by atoms with Crippen LogP contribution < -0.4 is 5.73 Å². The van der Waals surface area contributed by atoms with Crippen LogP contribution in [0.2, 0.25) is 0 Å². The Bertz CT molecular complexity index is 1180. The Hall–Kier alpha value is -2.98. The number of rotatable bonds is 6. The van der Waals surface area contributed by atoms with Gasteiger partial charge in [0.1, 0.15) is 11.6 Å². The summed E-state index contributed by atoms with van der Waals surface area (Å²) >= 11 is 0. The highest BCUT2D eigenvalue weighted by molar-refractivity contribution is 6.07. The van der Waals surface area contributed by atoms with Gasteiger partial charge in [0.15, 0.2) is 0 Å². The Labute approximate surface area is 192 Å². The van der Waals surface area contributed by atoms with Gasteiger partial charge in [-0.2, -0.15) is 0 Å². The molecule has 10 heteroatoms. The van der Waals surface area contributed by atoms with Crippen molar-refractivity contribution in [2.24, 2.45) is 5.73 Å². The summed E-state index contributed by atoms with van der Waals surface area (Å²) in [5.41, 5.74) is 7.33. The minimum absolute atomic E-state index is 0.0483. The average Bonchev–Trinajstić information content (AvgIpc) is 3.18. The number of fused-ring (bicyclic) bond motifs is 1. The lowest BCUT2D eigenvalue weighted by atomic mass is 9.88. The predicted octanol–water partition coefficient (Wildman–Crippen LogP) is 4.93. The highest BCUT2D eigenvalue weighted by Crippen LogP contribution is 2.32. The number of nitrogens with two attached hydrogens (primary N) is 1. The van der Waals surface area contributed by atoms with Crippen molar-refractivity contribution in [2.45, 2.75) is 38.2 Å². The van der Waals surface area contributed by atoms with Crippen LogP contribution >= 0.6 is 0 Å². The van der Waals surface area contributed by atoms with Crippen LogP contribution in [-0.2, 0) is 17.8 Å². The van der Waals surface area contributed by atoms with Gasteiger partial charge in [-0.15, -0.1) is 13.2 Å². The number of nitrogens with zero attached hydrogens (tertiary/aromatic N) is 2. The Balaban J connectivity index is 1.52. The first-order valence-corrected chi connectivity index (χ1v) is 10.9. The third-order valence-electron chi connectivity index (χ3n) is 6.20. The first-order valence-electron chi connectivity index (χ1n) is 10.9.